The summed E-state index contributed by atoms with van der Waals surface area (Å²) in [5, 5.41) is 23.2. The molecule has 0 rings (SSSR count). The highest BCUT2D eigenvalue weighted by Gasteiger charge is 2.18. The largest absolute Gasteiger partial charge is 0.466 e. The van der Waals surface area contributed by atoms with Crippen LogP contribution in [0.5, 0.6) is 0 Å². The minimum Gasteiger partial charge on any atom is -0.466 e. The van der Waals surface area contributed by atoms with Crippen LogP contribution in [0.3, 0.4) is 0 Å². The molecule has 2 atom stereocenters. The fourth-order valence-corrected chi connectivity index (χ4v) is 10.5. The monoisotopic (exact) mass is 1020 g/mol. The Bertz CT molecular complexity index is 1080. The molecule has 0 aromatic rings. The first-order chi connectivity index (χ1) is 35.5. The molecule has 0 heterocycles. The van der Waals surface area contributed by atoms with Crippen molar-refractivity contribution in [2.75, 3.05) is 13.2 Å². The van der Waals surface area contributed by atoms with Crippen LogP contribution in [0.1, 0.15) is 373 Å². The molecule has 0 saturated heterocycles. The van der Waals surface area contributed by atoms with Crippen molar-refractivity contribution in [1.82, 2.24) is 5.32 Å². The number of nitrogens with one attached hydrogen (secondary N) is 1. The molecule has 428 valence electrons. The quantitative estimate of drug-likeness (QED) is 0.0320. The van der Waals surface area contributed by atoms with E-state index in [4.69, 9.17) is 4.74 Å². The van der Waals surface area contributed by atoms with Crippen LogP contribution in [0.2, 0.25) is 0 Å². The number of esters is 1. The van der Waals surface area contributed by atoms with E-state index in [2.05, 4.69) is 19.2 Å². The summed E-state index contributed by atoms with van der Waals surface area (Å²) < 4.78 is 5.49. The molecule has 0 aromatic heterocycles. The molecule has 0 aliphatic rings. The Hall–Kier alpha value is -1.40. The smallest absolute Gasteiger partial charge is 0.305 e. The molecule has 0 spiro atoms. The van der Waals surface area contributed by atoms with Crippen LogP contribution in [-0.2, 0) is 14.3 Å². The number of ether oxygens (including phenoxy) is 1. The number of aliphatic hydroxyl groups is 2. The summed E-state index contributed by atoms with van der Waals surface area (Å²) in [6.45, 7) is 4.94. The van der Waals surface area contributed by atoms with Crippen LogP contribution in [0.15, 0.2) is 12.2 Å². The summed E-state index contributed by atoms with van der Waals surface area (Å²) in [4.78, 5) is 24.5. The van der Waals surface area contributed by atoms with Crippen LogP contribution in [-0.4, -0.2) is 47.4 Å². The maximum Gasteiger partial charge on any atom is 0.305 e. The van der Waals surface area contributed by atoms with Gasteiger partial charge in [0.1, 0.15) is 0 Å². The number of amides is 1. The molecule has 0 radical (unpaired) electrons. The van der Waals surface area contributed by atoms with E-state index in [-0.39, 0.29) is 18.5 Å². The van der Waals surface area contributed by atoms with Gasteiger partial charge in [-0.05, 0) is 32.1 Å². The van der Waals surface area contributed by atoms with Gasteiger partial charge in [-0.2, -0.15) is 0 Å². The third-order valence-electron chi connectivity index (χ3n) is 15.6. The molecule has 1 amide bonds. The van der Waals surface area contributed by atoms with Crippen LogP contribution in [0.25, 0.3) is 0 Å². The van der Waals surface area contributed by atoms with Gasteiger partial charge in [-0.3, -0.25) is 9.59 Å². The lowest BCUT2D eigenvalue weighted by Crippen LogP contribution is -2.45. The van der Waals surface area contributed by atoms with Crippen molar-refractivity contribution in [3.05, 3.63) is 12.2 Å². The van der Waals surface area contributed by atoms with Gasteiger partial charge in [0, 0.05) is 12.8 Å². The van der Waals surface area contributed by atoms with Crippen molar-refractivity contribution >= 4 is 11.9 Å². The highest BCUT2D eigenvalue weighted by atomic mass is 16.5. The summed E-state index contributed by atoms with van der Waals surface area (Å²) >= 11 is 0. The average molecular weight is 1020 g/mol. The number of unbranched alkanes of at least 4 members (excludes halogenated alkanes) is 51. The zero-order valence-electron chi connectivity index (χ0n) is 48.9. The fourth-order valence-electron chi connectivity index (χ4n) is 10.5. The van der Waals surface area contributed by atoms with E-state index in [0.29, 0.717) is 19.4 Å². The first kappa shape index (κ1) is 70.6. The number of rotatable bonds is 62. The standard InChI is InChI=1S/C66H129NO5/c1-3-5-7-9-11-13-15-17-18-28-31-35-38-42-46-50-54-58-64(69)63(62-68)67-65(70)59-55-51-47-43-39-36-32-29-26-24-22-20-19-21-23-25-27-30-33-37-41-45-49-53-57-61-72-66(71)60-56-52-48-44-40-34-16-14-12-10-8-6-4-2/h54,58,63-64,68-69H,3-53,55-57,59-62H2,1-2H3,(H,67,70)/b58-54+. The van der Waals surface area contributed by atoms with Crippen molar-refractivity contribution in [3.8, 4) is 0 Å². The third-order valence-corrected chi connectivity index (χ3v) is 15.6. The van der Waals surface area contributed by atoms with Crippen molar-refractivity contribution in [1.29, 1.82) is 0 Å². The average Bonchev–Trinajstić information content (AvgIpc) is 3.38. The van der Waals surface area contributed by atoms with Gasteiger partial charge in [0.2, 0.25) is 5.91 Å². The number of allylic oxidation sites excluding steroid dienone is 1. The number of carbonyl (C=O) groups is 2. The van der Waals surface area contributed by atoms with Gasteiger partial charge in [0.05, 0.1) is 25.4 Å². The molecule has 72 heavy (non-hydrogen) atoms. The Morgan fingerprint density at radius 3 is 0.944 bits per heavy atom. The zero-order chi connectivity index (χ0) is 52.2. The molecular weight excluding hydrogens is 887 g/mol. The molecule has 0 bridgehead atoms. The lowest BCUT2D eigenvalue weighted by molar-refractivity contribution is -0.143. The van der Waals surface area contributed by atoms with E-state index >= 15 is 0 Å². The molecule has 6 nitrogen and oxygen atoms in total. The fraction of sp³-hybridized carbons (Fsp3) is 0.939. The van der Waals surface area contributed by atoms with Crippen LogP contribution in [0.4, 0.5) is 0 Å². The predicted molar refractivity (Wildman–Crippen MR) is 315 cm³/mol. The van der Waals surface area contributed by atoms with Crippen LogP contribution >= 0.6 is 0 Å². The Morgan fingerprint density at radius 1 is 0.375 bits per heavy atom. The summed E-state index contributed by atoms with van der Waals surface area (Å²) in [6.07, 6.45) is 75.5. The maximum atomic E-state index is 12.5. The molecule has 0 aliphatic carbocycles. The van der Waals surface area contributed by atoms with Crippen molar-refractivity contribution in [2.24, 2.45) is 0 Å². The molecule has 0 aromatic carbocycles. The lowest BCUT2D eigenvalue weighted by atomic mass is 10.0. The van der Waals surface area contributed by atoms with E-state index in [1.807, 2.05) is 6.08 Å². The second-order valence-corrected chi connectivity index (χ2v) is 22.8. The topological polar surface area (TPSA) is 95.9 Å². The lowest BCUT2D eigenvalue weighted by Gasteiger charge is -2.20. The summed E-state index contributed by atoms with van der Waals surface area (Å²) in [5.74, 6) is -0.0447. The Morgan fingerprint density at radius 2 is 0.639 bits per heavy atom. The van der Waals surface area contributed by atoms with Crippen molar-refractivity contribution < 1.29 is 24.5 Å². The third kappa shape index (κ3) is 57.9. The van der Waals surface area contributed by atoms with Crippen molar-refractivity contribution in [3.63, 3.8) is 0 Å². The second kappa shape index (κ2) is 62.1. The van der Waals surface area contributed by atoms with E-state index in [0.717, 1.165) is 38.5 Å². The molecular formula is C66H129NO5. The van der Waals surface area contributed by atoms with Crippen molar-refractivity contribution in [2.45, 2.75) is 386 Å². The van der Waals surface area contributed by atoms with Gasteiger partial charge in [0.25, 0.3) is 0 Å². The molecule has 0 aliphatic heterocycles. The van der Waals surface area contributed by atoms with Crippen LogP contribution in [0, 0.1) is 0 Å². The first-order valence-corrected chi connectivity index (χ1v) is 33.0. The number of carbonyl (C=O) groups excluding carboxylic acids is 2. The van der Waals surface area contributed by atoms with E-state index in [9.17, 15) is 19.8 Å². The number of hydrogen-bond acceptors (Lipinski definition) is 5. The van der Waals surface area contributed by atoms with E-state index in [1.54, 1.807) is 6.08 Å². The highest BCUT2D eigenvalue weighted by Crippen LogP contribution is 2.19. The van der Waals surface area contributed by atoms with Gasteiger partial charge in [-0.1, -0.05) is 341 Å². The molecule has 3 N–H and O–H groups in total. The summed E-state index contributed by atoms with van der Waals surface area (Å²) in [7, 11) is 0. The Labute approximate surface area is 450 Å². The number of aliphatic hydroxyl groups excluding tert-OH is 2. The SMILES string of the molecule is CCCCCCCCCCCCCCCCC/C=C/C(O)C(CO)NC(=O)CCCCCCCCCCCCCCCCCCCCCCCCCCCOC(=O)CCCCCCCCCCCCCCC. The molecule has 0 fully saturated rings. The van der Waals surface area contributed by atoms with Gasteiger partial charge < -0.3 is 20.3 Å². The van der Waals surface area contributed by atoms with E-state index in [1.165, 1.54) is 308 Å². The normalized spacial score (nSPS) is 12.6. The maximum absolute atomic E-state index is 12.5. The minimum absolute atomic E-state index is 0.0183. The summed E-state index contributed by atoms with van der Waals surface area (Å²) in [5.41, 5.74) is 0. The van der Waals surface area contributed by atoms with Gasteiger partial charge in [0.15, 0.2) is 0 Å². The molecule has 0 saturated carbocycles. The predicted octanol–water partition coefficient (Wildman–Crippen LogP) is 20.8. The first-order valence-electron chi connectivity index (χ1n) is 33.0. The van der Waals surface area contributed by atoms with Gasteiger partial charge >= 0.3 is 5.97 Å². The van der Waals surface area contributed by atoms with Gasteiger partial charge in [-0.15, -0.1) is 0 Å². The Balaban J connectivity index is 3.37. The van der Waals surface area contributed by atoms with E-state index < -0.39 is 12.1 Å². The highest BCUT2D eigenvalue weighted by molar-refractivity contribution is 5.76. The van der Waals surface area contributed by atoms with Crippen LogP contribution < -0.4 is 5.32 Å². The second-order valence-electron chi connectivity index (χ2n) is 22.8. The minimum atomic E-state index is -0.842. The summed E-state index contributed by atoms with van der Waals surface area (Å²) in [6, 6.07) is -0.626. The Kier molecular flexibility index (Phi) is 60.9. The molecule has 2 unspecified atom stereocenters. The number of hydrogen-bond donors (Lipinski definition) is 3. The zero-order valence-corrected chi connectivity index (χ0v) is 48.9. The van der Waals surface area contributed by atoms with Gasteiger partial charge in [-0.25, -0.2) is 0 Å². The molecule has 6 heteroatoms.